The molecule has 0 aliphatic heterocycles. The van der Waals surface area contributed by atoms with E-state index in [1.54, 1.807) is 17.4 Å². The standard InChI is InChI=1S/C13H15BrFN3S/c1-7-8(2)19-13(17-7)6-12(18-16)10-4-3-9(15)5-11(10)14/h3-5,12,18H,6,16H2,1-2H3. The summed E-state index contributed by atoms with van der Waals surface area (Å²) in [7, 11) is 0. The van der Waals surface area contributed by atoms with Gasteiger partial charge in [-0.1, -0.05) is 22.0 Å². The van der Waals surface area contributed by atoms with Crippen molar-refractivity contribution >= 4 is 27.3 Å². The number of hydrazine groups is 1. The minimum atomic E-state index is -0.271. The first-order valence-electron chi connectivity index (χ1n) is 5.85. The first-order chi connectivity index (χ1) is 9.01. The highest BCUT2D eigenvalue weighted by Gasteiger charge is 2.16. The molecule has 0 aliphatic carbocycles. The number of nitrogens with zero attached hydrogens (tertiary/aromatic N) is 1. The normalized spacial score (nSPS) is 12.7. The molecule has 0 bridgehead atoms. The van der Waals surface area contributed by atoms with Gasteiger partial charge < -0.3 is 0 Å². The highest BCUT2D eigenvalue weighted by molar-refractivity contribution is 9.10. The minimum absolute atomic E-state index is 0.0973. The predicted octanol–water partition coefficient (Wildman–Crippen LogP) is 3.41. The maximum absolute atomic E-state index is 13.1. The first-order valence-corrected chi connectivity index (χ1v) is 7.46. The Hall–Kier alpha value is -0.820. The third-order valence-corrected chi connectivity index (χ3v) is 4.77. The molecule has 1 unspecified atom stereocenters. The minimum Gasteiger partial charge on any atom is -0.271 e. The van der Waals surface area contributed by atoms with Gasteiger partial charge in [0.25, 0.3) is 0 Å². The van der Waals surface area contributed by atoms with Crippen LogP contribution in [0.3, 0.4) is 0 Å². The van der Waals surface area contributed by atoms with Crippen LogP contribution >= 0.6 is 27.3 Å². The Kier molecular flexibility index (Phi) is 4.67. The molecule has 0 radical (unpaired) electrons. The lowest BCUT2D eigenvalue weighted by Crippen LogP contribution is -2.29. The molecule has 0 spiro atoms. The highest BCUT2D eigenvalue weighted by atomic mass is 79.9. The third-order valence-electron chi connectivity index (χ3n) is 2.99. The van der Waals surface area contributed by atoms with E-state index in [9.17, 15) is 4.39 Å². The van der Waals surface area contributed by atoms with Crippen LogP contribution in [0.4, 0.5) is 4.39 Å². The van der Waals surface area contributed by atoms with Crippen LogP contribution in [0, 0.1) is 19.7 Å². The monoisotopic (exact) mass is 343 g/mol. The predicted molar refractivity (Wildman–Crippen MR) is 79.5 cm³/mol. The van der Waals surface area contributed by atoms with Gasteiger partial charge >= 0.3 is 0 Å². The summed E-state index contributed by atoms with van der Waals surface area (Å²) in [5.74, 6) is 5.35. The second-order valence-electron chi connectivity index (χ2n) is 4.34. The fourth-order valence-electron chi connectivity index (χ4n) is 1.84. The Labute approximate surface area is 124 Å². The second kappa shape index (κ2) is 6.09. The molecule has 1 atom stereocenters. The zero-order chi connectivity index (χ0) is 14.0. The Morgan fingerprint density at radius 1 is 1.47 bits per heavy atom. The lowest BCUT2D eigenvalue weighted by molar-refractivity contribution is 0.545. The number of hydrogen-bond acceptors (Lipinski definition) is 4. The highest BCUT2D eigenvalue weighted by Crippen LogP contribution is 2.28. The number of nitrogens with two attached hydrogens (primary N) is 1. The van der Waals surface area contributed by atoms with Crippen molar-refractivity contribution in [3.05, 3.63) is 49.6 Å². The summed E-state index contributed by atoms with van der Waals surface area (Å²) in [5, 5.41) is 1.02. The van der Waals surface area contributed by atoms with Crippen molar-refractivity contribution in [1.29, 1.82) is 0 Å². The van der Waals surface area contributed by atoms with Gasteiger partial charge in [-0.25, -0.2) is 9.37 Å². The van der Waals surface area contributed by atoms with Crippen molar-refractivity contribution in [2.24, 2.45) is 5.84 Å². The summed E-state index contributed by atoms with van der Waals surface area (Å²) in [6, 6.07) is 4.51. The van der Waals surface area contributed by atoms with E-state index < -0.39 is 0 Å². The summed E-state index contributed by atoms with van der Waals surface area (Å²) < 4.78 is 13.8. The van der Waals surface area contributed by atoms with Crippen LogP contribution < -0.4 is 11.3 Å². The molecule has 1 aromatic carbocycles. The first kappa shape index (κ1) is 14.6. The van der Waals surface area contributed by atoms with E-state index in [0.29, 0.717) is 10.9 Å². The smallest absolute Gasteiger partial charge is 0.124 e. The molecule has 0 aliphatic rings. The molecule has 19 heavy (non-hydrogen) atoms. The molecule has 3 N–H and O–H groups in total. The number of nitrogens with one attached hydrogen (secondary N) is 1. The molecule has 3 nitrogen and oxygen atoms in total. The van der Waals surface area contributed by atoms with Gasteiger partial charge in [0.1, 0.15) is 5.82 Å². The second-order valence-corrected chi connectivity index (χ2v) is 6.48. The molecule has 0 saturated carbocycles. The van der Waals surface area contributed by atoms with Gasteiger partial charge in [-0.3, -0.25) is 11.3 Å². The van der Waals surface area contributed by atoms with Gasteiger partial charge in [0, 0.05) is 15.8 Å². The van der Waals surface area contributed by atoms with Gasteiger partial charge in [0.15, 0.2) is 0 Å². The van der Waals surface area contributed by atoms with Crippen LogP contribution in [0.5, 0.6) is 0 Å². The molecular weight excluding hydrogens is 329 g/mol. The Morgan fingerprint density at radius 3 is 2.74 bits per heavy atom. The molecule has 1 aromatic heterocycles. The van der Waals surface area contributed by atoms with Crippen LogP contribution in [0.2, 0.25) is 0 Å². The summed E-state index contributed by atoms with van der Waals surface area (Å²) in [4.78, 5) is 5.72. The Balaban J connectivity index is 2.24. The topological polar surface area (TPSA) is 50.9 Å². The van der Waals surface area contributed by atoms with Gasteiger partial charge in [-0.15, -0.1) is 11.3 Å². The fraction of sp³-hybridized carbons (Fsp3) is 0.308. The fourth-order valence-corrected chi connectivity index (χ4v) is 3.45. The molecule has 6 heteroatoms. The van der Waals surface area contributed by atoms with E-state index in [-0.39, 0.29) is 11.9 Å². The van der Waals surface area contributed by atoms with Crippen molar-refractivity contribution in [2.75, 3.05) is 0 Å². The number of aryl methyl sites for hydroxylation is 2. The van der Waals surface area contributed by atoms with E-state index in [4.69, 9.17) is 5.84 Å². The molecule has 2 aromatic rings. The maximum atomic E-state index is 13.1. The van der Waals surface area contributed by atoms with Crippen LogP contribution in [0.1, 0.15) is 27.2 Å². The quantitative estimate of drug-likeness (QED) is 0.660. The van der Waals surface area contributed by atoms with E-state index in [0.717, 1.165) is 16.3 Å². The van der Waals surface area contributed by atoms with E-state index >= 15 is 0 Å². The summed E-state index contributed by atoms with van der Waals surface area (Å²) in [6.07, 6.45) is 0.681. The average Bonchev–Trinajstić information content (AvgIpc) is 2.66. The van der Waals surface area contributed by atoms with Gasteiger partial charge in [-0.2, -0.15) is 0 Å². The van der Waals surface area contributed by atoms with Gasteiger partial charge in [-0.05, 0) is 31.5 Å². The molecule has 102 valence electrons. The largest absolute Gasteiger partial charge is 0.271 e. The van der Waals surface area contributed by atoms with Crippen molar-refractivity contribution in [1.82, 2.24) is 10.4 Å². The van der Waals surface area contributed by atoms with Crippen molar-refractivity contribution < 1.29 is 4.39 Å². The average molecular weight is 344 g/mol. The maximum Gasteiger partial charge on any atom is 0.124 e. The van der Waals surface area contributed by atoms with Gasteiger partial charge in [0.2, 0.25) is 0 Å². The van der Waals surface area contributed by atoms with Gasteiger partial charge in [0.05, 0.1) is 16.7 Å². The van der Waals surface area contributed by atoms with Crippen LogP contribution in [0.25, 0.3) is 0 Å². The van der Waals surface area contributed by atoms with Crippen LogP contribution in [0.15, 0.2) is 22.7 Å². The zero-order valence-electron chi connectivity index (χ0n) is 10.7. The number of benzene rings is 1. The van der Waals surface area contributed by atoms with E-state index in [1.165, 1.54) is 17.0 Å². The van der Waals surface area contributed by atoms with Crippen LogP contribution in [-0.2, 0) is 6.42 Å². The number of thiazole rings is 1. The number of aromatic nitrogens is 1. The third kappa shape index (κ3) is 3.39. The molecule has 2 rings (SSSR count). The number of hydrogen-bond donors (Lipinski definition) is 2. The molecule has 1 heterocycles. The lowest BCUT2D eigenvalue weighted by atomic mass is 10.0. The SMILES string of the molecule is Cc1nc(CC(NN)c2ccc(F)cc2Br)sc1C. The lowest BCUT2D eigenvalue weighted by Gasteiger charge is -2.16. The number of halogens is 2. The zero-order valence-corrected chi connectivity index (χ0v) is 13.1. The molecule has 0 fully saturated rings. The Bertz CT molecular complexity index is 566. The summed E-state index contributed by atoms with van der Waals surface area (Å²) in [6.45, 7) is 4.04. The Morgan fingerprint density at radius 2 is 2.21 bits per heavy atom. The van der Waals surface area contributed by atoms with Crippen molar-refractivity contribution in [3.63, 3.8) is 0 Å². The molecule has 0 amide bonds. The van der Waals surface area contributed by atoms with E-state index in [2.05, 4.69) is 33.3 Å². The van der Waals surface area contributed by atoms with Crippen molar-refractivity contribution in [3.8, 4) is 0 Å². The van der Waals surface area contributed by atoms with Crippen LogP contribution in [-0.4, -0.2) is 4.98 Å². The molecular formula is C13H15BrFN3S. The number of rotatable bonds is 4. The van der Waals surface area contributed by atoms with Crippen molar-refractivity contribution in [2.45, 2.75) is 26.3 Å². The van der Waals surface area contributed by atoms with E-state index in [1.807, 2.05) is 6.92 Å². The summed E-state index contributed by atoms with van der Waals surface area (Å²) in [5.41, 5.74) is 4.75. The summed E-state index contributed by atoms with van der Waals surface area (Å²) >= 11 is 5.03. The molecule has 0 saturated heterocycles.